The van der Waals surface area contributed by atoms with E-state index in [4.69, 9.17) is 9.84 Å². The van der Waals surface area contributed by atoms with Crippen LogP contribution in [-0.4, -0.2) is 47.5 Å². The van der Waals surface area contributed by atoms with Gasteiger partial charge in [-0.15, -0.1) is 0 Å². The number of carboxylic acids is 1. The molecule has 0 amide bonds. The van der Waals surface area contributed by atoms with Gasteiger partial charge in [-0.1, -0.05) is 6.07 Å². The summed E-state index contributed by atoms with van der Waals surface area (Å²) in [6.45, 7) is 0.0203. The number of nitrogens with zero attached hydrogens (tertiary/aromatic N) is 2. The predicted octanol–water partition coefficient (Wildman–Crippen LogP) is 0.0692. The minimum absolute atomic E-state index is 0.00895. The second kappa shape index (κ2) is 5.30. The number of aromatic nitrogens is 2. The molecular weight excluding hydrogens is 318 g/mol. The third-order valence-electron chi connectivity index (χ3n) is 3.24. The molecule has 1 aliphatic heterocycles. The molecule has 8 nitrogen and oxygen atoms in total. The summed E-state index contributed by atoms with van der Waals surface area (Å²) in [5.41, 5.74) is 0.765. The second-order valence-corrected chi connectivity index (χ2v) is 6.81. The SMILES string of the molecule is O=C(O)C1COCC1NS(=O)(=O)c1cccc2nsnc12. The van der Waals surface area contributed by atoms with E-state index in [9.17, 15) is 13.2 Å². The average molecular weight is 329 g/mol. The normalized spacial score (nSPS) is 22.7. The quantitative estimate of drug-likeness (QED) is 0.814. The maximum absolute atomic E-state index is 12.4. The van der Waals surface area contributed by atoms with E-state index in [1.807, 2.05) is 0 Å². The molecule has 21 heavy (non-hydrogen) atoms. The van der Waals surface area contributed by atoms with E-state index < -0.39 is 28.0 Å². The van der Waals surface area contributed by atoms with Crippen LogP contribution in [0, 0.1) is 5.92 Å². The molecule has 2 atom stereocenters. The fraction of sp³-hybridized carbons (Fsp3) is 0.364. The van der Waals surface area contributed by atoms with Crippen molar-refractivity contribution >= 4 is 38.8 Å². The van der Waals surface area contributed by atoms with Gasteiger partial charge >= 0.3 is 5.97 Å². The molecular formula is C11H11N3O5S2. The fourth-order valence-corrected chi connectivity index (χ4v) is 4.20. The average Bonchev–Trinajstić information content (AvgIpc) is 3.05. The van der Waals surface area contributed by atoms with Crippen molar-refractivity contribution in [2.75, 3.05) is 13.2 Å². The molecule has 2 aromatic rings. The number of hydrogen-bond donors (Lipinski definition) is 2. The first-order chi connectivity index (χ1) is 9.99. The molecule has 0 aliphatic carbocycles. The van der Waals surface area contributed by atoms with Crippen molar-refractivity contribution in [3.63, 3.8) is 0 Å². The molecule has 10 heteroatoms. The lowest BCUT2D eigenvalue weighted by molar-refractivity contribution is -0.142. The number of hydrogen-bond acceptors (Lipinski definition) is 7. The highest BCUT2D eigenvalue weighted by Gasteiger charge is 2.37. The number of aliphatic carboxylic acids is 1. The summed E-state index contributed by atoms with van der Waals surface area (Å²) in [7, 11) is -3.90. The van der Waals surface area contributed by atoms with Crippen LogP contribution in [-0.2, 0) is 19.6 Å². The van der Waals surface area contributed by atoms with Gasteiger partial charge in [0.25, 0.3) is 0 Å². The molecule has 0 radical (unpaired) electrons. The van der Waals surface area contributed by atoms with Crippen molar-refractivity contribution in [3.05, 3.63) is 18.2 Å². The Balaban J connectivity index is 1.94. The monoisotopic (exact) mass is 329 g/mol. The maximum atomic E-state index is 12.4. The van der Waals surface area contributed by atoms with Gasteiger partial charge in [-0.2, -0.15) is 8.75 Å². The molecule has 1 aromatic carbocycles. The smallest absolute Gasteiger partial charge is 0.310 e. The number of fused-ring (bicyclic) bond motifs is 1. The number of carboxylic acid groups (broad SMARTS) is 1. The lowest BCUT2D eigenvalue weighted by atomic mass is 10.1. The van der Waals surface area contributed by atoms with Gasteiger partial charge in [0.05, 0.1) is 36.9 Å². The summed E-state index contributed by atoms with van der Waals surface area (Å²) in [6.07, 6.45) is 0. The number of benzene rings is 1. The number of sulfonamides is 1. The fourth-order valence-electron chi connectivity index (χ4n) is 2.17. The second-order valence-electron chi connectivity index (χ2n) is 4.60. The van der Waals surface area contributed by atoms with Crippen molar-refractivity contribution in [3.8, 4) is 0 Å². The molecule has 0 saturated carbocycles. The van der Waals surface area contributed by atoms with Gasteiger partial charge in [0.1, 0.15) is 15.9 Å². The first kappa shape index (κ1) is 14.3. The summed E-state index contributed by atoms with van der Waals surface area (Å²) in [4.78, 5) is 11.1. The Morgan fingerprint density at radius 1 is 1.38 bits per heavy atom. The van der Waals surface area contributed by atoms with Crippen LogP contribution in [0.2, 0.25) is 0 Å². The summed E-state index contributed by atoms with van der Waals surface area (Å²) >= 11 is 0.920. The van der Waals surface area contributed by atoms with E-state index >= 15 is 0 Å². The molecule has 2 unspecified atom stereocenters. The van der Waals surface area contributed by atoms with Crippen LogP contribution in [0.4, 0.5) is 0 Å². The molecule has 1 aromatic heterocycles. The van der Waals surface area contributed by atoms with Crippen LogP contribution in [0.3, 0.4) is 0 Å². The highest BCUT2D eigenvalue weighted by molar-refractivity contribution is 7.89. The largest absolute Gasteiger partial charge is 0.481 e. The Kier molecular flexibility index (Phi) is 3.61. The van der Waals surface area contributed by atoms with E-state index in [0.29, 0.717) is 5.52 Å². The summed E-state index contributed by atoms with van der Waals surface area (Å²) in [6, 6.07) is 3.85. The van der Waals surface area contributed by atoms with E-state index in [0.717, 1.165) is 11.7 Å². The van der Waals surface area contributed by atoms with Crippen molar-refractivity contribution in [2.24, 2.45) is 5.92 Å². The van der Waals surface area contributed by atoms with Crippen molar-refractivity contribution < 1.29 is 23.1 Å². The van der Waals surface area contributed by atoms with Crippen molar-refractivity contribution in [2.45, 2.75) is 10.9 Å². The zero-order valence-corrected chi connectivity index (χ0v) is 12.2. The number of rotatable bonds is 4. The van der Waals surface area contributed by atoms with Gasteiger partial charge in [-0.3, -0.25) is 4.79 Å². The molecule has 1 saturated heterocycles. The molecule has 3 rings (SSSR count). The van der Waals surface area contributed by atoms with E-state index in [1.165, 1.54) is 6.07 Å². The lowest BCUT2D eigenvalue weighted by Gasteiger charge is -2.15. The Hall–Kier alpha value is -1.62. The van der Waals surface area contributed by atoms with Crippen molar-refractivity contribution in [1.82, 2.24) is 13.5 Å². The topological polar surface area (TPSA) is 118 Å². The molecule has 0 bridgehead atoms. The van der Waals surface area contributed by atoms with Crippen molar-refractivity contribution in [1.29, 1.82) is 0 Å². The number of nitrogens with one attached hydrogen (secondary N) is 1. The first-order valence-corrected chi connectivity index (χ1v) is 8.24. The number of ether oxygens (including phenoxy) is 1. The van der Waals surface area contributed by atoms with Gasteiger partial charge in [0, 0.05) is 0 Å². The lowest BCUT2D eigenvalue weighted by Crippen LogP contribution is -2.42. The zero-order valence-electron chi connectivity index (χ0n) is 10.6. The third kappa shape index (κ3) is 2.62. The Bertz CT molecular complexity index is 788. The standard InChI is InChI=1S/C11H11N3O5S2/c15-11(16)6-4-19-5-8(6)14-21(17,18)9-3-1-2-7-10(9)13-20-12-7/h1-3,6,8,14H,4-5H2,(H,15,16). The molecule has 1 aliphatic rings. The maximum Gasteiger partial charge on any atom is 0.310 e. The van der Waals surface area contributed by atoms with Gasteiger partial charge in [-0.25, -0.2) is 13.1 Å². The Morgan fingerprint density at radius 2 is 2.19 bits per heavy atom. The minimum Gasteiger partial charge on any atom is -0.481 e. The Labute approximate surface area is 124 Å². The molecule has 2 N–H and O–H groups in total. The van der Waals surface area contributed by atoms with Crippen LogP contribution < -0.4 is 4.72 Å². The van der Waals surface area contributed by atoms with Gasteiger partial charge in [0.15, 0.2) is 0 Å². The summed E-state index contributed by atoms with van der Waals surface area (Å²) in [5.74, 6) is -1.98. The number of carbonyl (C=O) groups is 1. The van der Waals surface area contributed by atoms with E-state index in [2.05, 4.69) is 13.5 Å². The van der Waals surface area contributed by atoms with Crippen LogP contribution in [0.5, 0.6) is 0 Å². The van der Waals surface area contributed by atoms with Gasteiger partial charge in [-0.05, 0) is 12.1 Å². The molecule has 0 spiro atoms. The Morgan fingerprint density at radius 3 is 2.95 bits per heavy atom. The molecule has 1 fully saturated rings. The molecule has 112 valence electrons. The van der Waals surface area contributed by atoms with Crippen LogP contribution in [0.25, 0.3) is 11.0 Å². The highest BCUT2D eigenvalue weighted by atomic mass is 32.2. The van der Waals surface area contributed by atoms with E-state index in [1.54, 1.807) is 12.1 Å². The van der Waals surface area contributed by atoms with Gasteiger partial charge < -0.3 is 9.84 Å². The summed E-state index contributed by atoms with van der Waals surface area (Å²) in [5, 5.41) is 9.05. The minimum atomic E-state index is -3.90. The molecule has 2 heterocycles. The van der Waals surface area contributed by atoms with E-state index in [-0.39, 0.29) is 23.6 Å². The first-order valence-electron chi connectivity index (χ1n) is 6.03. The van der Waals surface area contributed by atoms with Crippen LogP contribution in [0.15, 0.2) is 23.1 Å². The van der Waals surface area contributed by atoms with Crippen LogP contribution in [0.1, 0.15) is 0 Å². The predicted molar refractivity (Wildman–Crippen MR) is 73.5 cm³/mol. The zero-order chi connectivity index (χ0) is 15.0. The third-order valence-corrected chi connectivity index (χ3v) is 5.31. The highest BCUT2D eigenvalue weighted by Crippen LogP contribution is 2.23. The van der Waals surface area contributed by atoms with Crippen LogP contribution >= 0.6 is 11.7 Å². The van der Waals surface area contributed by atoms with Gasteiger partial charge in [0.2, 0.25) is 10.0 Å². The summed E-state index contributed by atoms with van der Waals surface area (Å²) < 4.78 is 40.3.